The van der Waals surface area contributed by atoms with Crippen molar-refractivity contribution < 1.29 is 9.59 Å². The van der Waals surface area contributed by atoms with Gasteiger partial charge in [-0.3, -0.25) is 14.6 Å². The largest absolute Gasteiger partial charge is 0.368 e. The fourth-order valence-corrected chi connectivity index (χ4v) is 2.59. The lowest BCUT2D eigenvalue weighted by Crippen LogP contribution is -2.35. The Balaban J connectivity index is 2.30. The van der Waals surface area contributed by atoms with Gasteiger partial charge < -0.3 is 27.5 Å². The number of aromatic nitrogens is 2. The molecular formula is C19H24N8O2. The van der Waals surface area contributed by atoms with Gasteiger partial charge in [-0.1, -0.05) is 19.1 Å². The van der Waals surface area contributed by atoms with Crippen molar-refractivity contribution in [2.45, 2.75) is 25.3 Å². The molecule has 2 unspecified atom stereocenters. The van der Waals surface area contributed by atoms with Gasteiger partial charge in [-0.25, -0.2) is 9.97 Å². The summed E-state index contributed by atoms with van der Waals surface area (Å²) in [7, 11) is 1.65. The maximum absolute atomic E-state index is 11.7. The van der Waals surface area contributed by atoms with Crippen LogP contribution in [-0.4, -0.2) is 47.3 Å². The third-order valence-corrected chi connectivity index (χ3v) is 4.13. The zero-order valence-electron chi connectivity index (χ0n) is 16.2. The zero-order chi connectivity index (χ0) is 21.4. The Bertz CT molecular complexity index is 911. The minimum Gasteiger partial charge on any atom is -0.368 e. The molecule has 2 atom stereocenters. The lowest BCUT2D eigenvalue weighted by Gasteiger charge is -2.16. The minimum atomic E-state index is -0.742. The predicted octanol–water partition coefficient (Wildman–Crippen LogP) is 1.43. The van der Waals surface area contributed by atoms with Crippen molar-refractivity contribution in [3.05, 3.63) is 41.7 Å². The van der Waals surface area contributed by atoms with Gasteiger partial charge in [-0.15, -0.1) is 0 Å². The Morgan fingerprint density at radius 1 is 1.28 bits per heavy atom. The van der Waals surface area contributed by atoms with Gasteiger partial charge in [0.2, 0.25) is 5.91 Å². The standard InChI is InChI=1S/C19H24N8O2/c1-3-14(17(21)28)26-15-10-24-16(18(22)29)19(27-15)25-13-6-4-11(5-7-13)12(8-20)9-23-2/h4-10,12,14,20H,3H2,1-2H3,(H2,21,28)(H2,22,29)(H2,25,26,27). The number of nitrogens with zero attached hydrogens (tertiary/aromatic N) is 3. The molecule has 0 bridgehead atoms. The molecule has 10 heteroatoms. The van der Waals surface area contributed by atoms with Crippen molar-refractivity contribution in [2.75, 3.05) is 17.7 Å². The third kappa shape index (κ3) is 5.58. The van der Waals surface area contributed by atoms with Gasteiger partial charge in [0.1, 0.15) is 11.9 Å². The van der Waals surface area contributed by atoms with Crippen LogP contribution in [0, 0.1) is 5.41 Å². The molecule has 7 N–H and O–H groups in total. The number of aliphatic imine (C=N–C) groups is 1. The van der Waals surface area contributed by atoms with Crippen LogP contribution in [0.15, 0.2) is 35.5 Å². The number of carbonyl (C=O) groups is 2. The van der Waals surface area contributed by atoms with Crippen LogP contribution in [0.1, 0.15) is 35.3 Å². The number of hydrogen-bond acceptors (Lipinski definition) is 8. The Kier molecular flexibility index (Phi) is 7.35. The molecule has 29 heavy (non-hydrogen) atoms. The quantitative estimate of drug-likeness (QED) is 0.380. The van der Waals surface area contributed by atoms with Gasteiger partial charge in [0, 0.05) is 25.2 Å². The molecule has 0 spiro atoms. The summed E-state index contributed by atoms with van der Waals surface area (Å²) in [6.07, 6.45) is 4.75. The molecule has 0 saturated heterocycles. The lowest BCUT2D eigenvalue weighted by molar-refractivity contribution is -0.118. The number of amides is 2. The molecule has 2 amide bonds. The number of primary amides is 2. The predicted molar refractivity (Wildman–Crippen MR) is 113 cm³/mol. The first-order valence-corrected chi connectivity index (χ1v) is 8.92. The SMILES string of the molecule is CCC(Nc1cnc(C(N)=O)c(Nc2ccc(C(C=N)C=NC)cc2)n1)C(N)=O. The van der Waals surface area contributed by atoms with Gasteiger partial charge in [-0.05, 0) is 24.1 Å². The molecule has 2 rings (SSSR count). The first-order valence-electron chi connectivity index (χ1n) is 8.92. The molecule has 1 heterocycles. The molecule has 1 aromatic carbocycles. The highest BCUT2D eigenvalue weighted by atomic mass is 16.1. The fraction of sp³-hybridized carbons (Fsp3) is 0.263. The summed E-state index contributed by atoms with van der Waals surface area (Å²) in [4.78, 5) is 35.5. The van der Waals surface area contributed by atoms with E-state index in [9.17, 15) is 9.59 Å². The summed E-state index contributed by atoms with van der Waals surface area (Å²) in [5.74, 6) is -1.05. The number of anilines is 3. The van der Waals surface area contributed by atoms with Crippen LogP contribution in [0.2, 0.25) is 0 Å². The average Bonchev–Trinajstić information content (AvgIpc) is 2.70. The third-order valence-electron chi connectivity index (χ3n) is 4.13. The first-order chi connectivity index (χ1) is 13.9. The van der Waals surface area contributed by atoms with E-state index in [0.717, 1.165) is 5.56 Å². The smallest absolute Gasteiger partial charge is 0.271 e. The second-order valence-corrected chi connectivity index (χ2v) is 6.17. The Hall–Kier alpha value is -3.82. The second kappa shape index (κ2) is 9.93. The van der Waals surface area contributed by atoms with E-state index < -0.39 is 17.9 Å². The van der Waals surface area contributed by atoms with Crippen LogP contribution < -0.4 is 22.1 Å². The molecule has 10 nitrogen and oxygen atoms in total. The van der Waals surface area contributed by atoms with Crippen molar-refractivity contribution in [3.8, 4) is 0 Å². The summed E-state index contributed by atoms with van der Waals surface area (Å²) in [6.45, 7) is 1.80. The number of benzene rings is 1. The summed E-state index contributed by atoms with van der Waals surface area (Å²) in [5, 5.41) is 13.4. The van der Waals surface area contributed by atoms with Crippen LogP contribution in [-0.2, 0) is 4.79 Å². The van der Waals surface area contributed by atoms with Crippen molar-refractivity contribution in [1.29, 1.82) is 5.41 Å². The molecule has 152 valence electrons. The molecule has 0 aliphatic rings. The van der Waals surface area contributed by atoms with Gasteiger partial charge in [-0.2, -0.15) is 0 Å². The van der Waals surface area contributed by atoms with Crippen LogP contribution in [0.4, 0.5) is 17.3 Å². The van der Waals surface area contributed by atoms with Gasteiger partial charge in [0.15, 0.2) is 11.5 Å². The van der Waals surface area contributed by atoms with Gasteiger partial charge >= 0.3 is 0 Å². The van der Waals surface area contributed by atoms with Crippen molar-refractivity contribution in [3.63, 3.8) is 0 Å². The Morgan fingerprint density at radius 3 is 2.48 bits per heavy atom. The first kappa shape index (κ1) is 21.5. The van der Waals surface area contributed by atoms with Gasteiger partial charge in [0.25, 0.3) is 5.91 Å². The zero-order valence-corrected chi connectivity index (χ0v) is 16.2. The monoisotopic (exact) mass is 396 g/mol. The molecule has 0 radical (unpaired) electrons. The van der Waals surface area contributed by atoms with E-state index in [1.807, 2.05) is 12.1 Å². The summed E-state index contributed by atoms with van der Waals surface area (Å²) in [6, 6.07) is 6.60. The highest BCUT2D eigenvalue weighted by molar-refractivity contribution is 5.96. The number of nitrogens with one attached hydrogen (secondary N) is 3. The Morgan fingerprint density at radius 2 is 1.97 bits per heavy atom. The van der Waals surface area contributed by atoms with Crippen LogP contribution in [0.5, 0.6) is 0 Å². The van der Waals surface area contributed by atoms with E-state index in [-0.39, 0.29) is 23.2 Å². The number of nitrogens with two attached hydrogens (primary N) is 2. The van der Waals surface area contributed by atoms with Crippen molar-refractivity contribution in [2.24, 2.45) is 16.5 Å². The molecular weight excluding hydrogens is 372 g/mol. The van der Waals surface area contributed by atoms with E-state index >= 15 is 0 Å². The van der Waals surface area contributed by atoms with E-state index in [0.29, 0.717) is 12.1 Å². The lowest BCUT2D eigenvalue weighted by atomic mass is 10.0. The summed E-state index contributed by atoms with van der Waals surface area (Å²) < 4.78 is 0. The summed E-state index contributed by atoms with van der Waals surface area (Å²) >= 11 is 0. The van der Waals surface area contributed by atoms with Crippen LogP contribution in [0.3, 0.4) is 0 Å². The Labute approximate surface area is 168 Å². The molecule has 1 aromatic heterocycles. The normalized spacial score (nSPS) is 12.9. The average molecular weight is 396 g/mol. The topological polar surface area (TPSA) is 172 Å². The van der Waals surface area contributed by atoms with Crippen LogP contribution >= 0.6 is 0 Å². The van der Waals surface area contributed by atoms with Gasteiger partial charge in [0.05, 0.1) is 12.1 Å². The van der Waals surface area contributed by atoms with E-state index in [1.54, 1.807) is 32.3 Å². The second-order valence-electron chi connectivity index (χ2n) is 6.17. The highest BCUT2D eigenvalue weighted by Crippen LogP contribution is 2.22. The maximum atomic E-state index is 11.7. The van der Waals surface area contributed by atoms with E-state index in [1.165, 1.54) is 12.4 Å². The fourth-order valence-electron chi connectivity index (χ4n) is 2.59. The number of carbonyl (C=O) groups excluding carboxylic acids is 2. The van der Waals surface area contributed by atoms with Crippen molar-refractivity contribution in [1.82, 2.24) is 9.97 Å². The number of hydrogen-bond donors (Lipinski definition) is 5. The number of rotatable bonds is 10. The van der Waals surface area contributed by atoms with Crippen LogP contribution in [0.25, 0.3) is 0 Å². The maximum Gasteiger partial charge on any atom is 0.271 e. The van der Waals surface area contributed by atoms with Crippen molar-refractivity contribution >= 4 is 41.6 Å². The molecule has 0 aliphatic carbocycles. The van der Waals surface area contributed by atoms with E-state index in [4.69, 9.17) is 16.9 Å². The molecule has 0 aliphatic heterocycles. The van der Waals surface area contributed by atoms with E-state index in [2.05, 4.69) is 25.6 Å². The molecule has 0 fully saturated rings. The molecule has 0 saturated carbocycles. The minimum absolute atomic E-state index is 0.0396. The molecule has 2 aromatic rings. The summed E-state index contributed by atoms with van der Waals surface area (Å²) in [5.41, 5.74) is 12.2. The highest BCUT2D eigenvalue weighted by Gasteiger charge is 2.17.